The first kappa shape index (κ1) is 25.8. The molecule has 0 aliphatic rings. The van der Waals surface area contributed by atoms with Gasteiger partial charge in [0.15, 0.2) is 6.61 Å². The highest BCUT2D eigenvalue weighted by Gasteiger charge is 2.42. The molecule has 0 saturated heterocycles. The van der Waals surface area contributed by atoms with E-state index < -0.39 is 58.9 Å². The molecule has 32 heavy (non-hydrogen) atoms. The summed E-state index contributed by atoms with van der Waals surface area (Å²) < 4.78 is 97.5. The Bertz CT molecular complexity index is 1120. The summed E-state index contributed by atoms with van der Waals surface area (Å²) in [7, 11) is -4.44. The lowest BCUT2D eigenvalue weighted by Crippen LogP contribution is -2.36. The zero-order valence-electron chi connectivity index (χ0n) is 15.4. The number of hydrogen-bond acceptors (Lipinski definition) is 6. The van der Waals surface area contributed by atoms with Gasteiger partial charge < -0.3 is 9.47 Å². The zero-order chi connectivity index (χ0) is 24.3. The number of amides is 1. The highest BCUT2D eigenvalue weighted by Crippen LogP contribution is 2.29. The monoisotopic (exact) mass is 523 g/mol. The molecule has 3 N–H and O–H groups in total. The minimum absolute atomic E-state index is 0.0141. The van der Waals surface area contributed by atoms with E-state index in [4.69, 9.17) is 27.9 Å². The van der Waals surface area contributed by atoms with Gasteiger partial charge in [-0.2, -0.15) is 22.2 Å². The first-order chi connectivity index (χ1) is 14.7. The summed E-state index contributed by atoms with van der Waals surface area (Å²) in [6.45, 7) is -2.14. The third kappa shape index (κ3) is 7.05. The molecular weight excluding hydrogens is 512 g/mol. The minimum atomic E-state index is -4.44. The number of benzene rings is 1. The summed E-state index contributed by atoms with van der Waals surface area (Å²) in [6.07, 6.45) is -3.97. The van der Waals surface area contributed by atoms with E-state index in [1.54, 1.807) is 0 Å². The molecule has 1 amide bonds. The molecule has 0 spiro atoms. The van der Waals surface area contributed by atoms with Gasteiger partial charge in [0.1, 0.15) is 17.4 Å². The largest absolute Gasteiger partial charge is 0.473 e. The fourth-order valence-electron chi connectivity index (χ4n) is 2.02. The van der Waals surface area contributed by atoms with Gasteiger partial charge in [-0.25, -0.2) is 23.0 Å². The molecule has 0 bridgehead atoms. The summed E-state index contributed by atoms with van der Waals surface area (Å²) >= 11 is 11.7. The second-order valence-corrected chi connectivity index (χ2v) is 8.08. The van der Waals surface area contributed by atoms with Gasteiger partial charge in [0, 0.05) is 16.7 Å². The van der Waals surface area contributed by atoms with Crippen molar-refractivity contribution in [3.63, 3.8) is 0 Å². The maximum absolute atomic E-state index is 14.2. The van der Waals surface area contributed by atoms with E-state index in [0.29, 0.717) is 0 Å². The van der Waals surface area contributed by atoms with Crippen LogP contribution in [0.15, 0.2) is 24.3 Å². The summed E-state index contributed by atoms with van der Waals surface area (Å²) in [5, 5.41) is 4.18. The van der Waals surface area contributed by atoms with E-state index in [1.165, 1.54) is 10.8 Å². The summed E-state index contributed by atoms with van der Waals surface area (Å²) in [4.78, 5) is 15.4. The molecule has 0 radical (unpaired) electrons. The SMILES string of the molecule is NS(=O)(=O)NC(=O)c1cc(Cl)c(COc2ccc(Cl)c(OCC(F)(F)C(F)F)n2)cc1F. The highest BCUT2D eigenvalue weighted by atomic mass is 35.5. The Morgan fingerprint density at radius 1 is 1.19 bits per heavy atom. The van der Waals surface area contributed by atoms with Crippen LogP contribution in [0.5, 0.6) is 11.8 Å². The average Bonchev–Trinajstić information content (AvgIpc) is 2.66. The van der Waals surface area contributed by atoms with E-state index in [1.807, 2.05) is 0 Å². The van der Waals surface area contributed by atoms with Crippen LogP contribution in [-0.2, 0) is 16.8 Å². The number of nitrogens with zero attached hydrogens (tertiary/aromatic N) is 1. The number of halogens is 7. The van der Waals surface area contributed by atoms with Crippen molar-refractivity contribution in [2.75, 3.05) is 6.61 Å². The van der Waals surface area contributed by atoms with Crippen molar-refractivity contribution in [3.8, 4) is 11.8 Å². The van der Waals surface area contributed by atoms with Crippen molar-refractivity contribution in [1.82, 2.24) is 9.71 Å². The van der Waals surface area contributed by atoms with Crippen LogP contribution in [0.2, 0.25) is 10.0 Å². The van der Waals surface area contributed by atoms with Gasteiger partial charge in [0.05, 0.1) is 5.56 Å². The first-order valence-corrected chi connectivity index (χ1v) is 10.4. The first-order valence-electron chi connectivity index (χ1n) is 8.10. The number of carbonyl (C=O) groups is 1. The maximum Gasteiger partial charge on any atom is 0.340 e. The number of nitrogens with two attached hydrogens (primary N) is 1. The molecule has 0 aliphatic carbocycles. The second-order valence-electron chi connectivity index (χ2n) is 5.98. The summed E-state index contributed by atoms with van der Waals surface area (Å²) in [5.74, 6) is -7.84. The second kappa shape index (κ2) is 10.0. The van der Waals surface area contributed by atoms with Crippen LogP contribution in [0.25, 0.3) is 0 Å². The minimum Gasteiger partial charge on any atom is -0.473 e. The fourth-order valence-corrected chi connectivity index (χ4v) is 2.77. The molecule has 2 aromatic rings. The fraction of sp³-hybridized carbons (Fsp3) is 0.250. The van der Waals surface area contributed by atoms with E-state index in [-0.39, 0.29) is 21.5 Å². The van der Waals surface area contributed by atoms with Gasteiger partial charge in [-0.1, -0.05) is 23.2 Å². The molecule has 0 aliphatic heterocycles. The van der Waals surface area contributed by atoms with Crippen LogP contribution in [0, 0.1) is 5.82 Å². The van der Waals surface area contributed by atoms with Gasteiger partial charge in [0.2, 0.25) is 11.8 Å². The number of alkyl halides is 4. The Labute approximate surface area is 187 Å². The van der Waals surface area contributed by atoms with Crippen molar-refractivity contribution in [1.29, 1.82) is 0 Å². The van der Waals surface area contributed by atoms with E-state index in [0.717, 1.165) is 18.2 Å². The molecule has 0 saturated carbocycles. The van der Waals surface area contributed by atoms with Crippen LogP contribution in [0.1, 0.15) is 15.9 Å². The molecule has 0 fully saturated rings. The number of hydrogen-bond donors (Lipinski definition) is 2. The zero-order valence-corrected chi connectivity index (χ0v) is 17.7. The van der Waals surface area contributed by atoms with Crippen molar-refractivity contribution >= 4 is 39.3 Å². The van der Waals surface area contributed by atoms with Gasteiger partial charge in [-0.15, -0.1) is 0 Å². The third-order valence-corrected chi connectivity index (χ3v) is 4.61. The van der Waals surface area contributed by atoms with E-state index in [9.17, 15) is 35.2 Å². The number of carbonyl (C=O) groups excluding carboxylic acids is 1. The Morgan fingerprint density at radius 3 is 2.44 bits per heavy atom. The molecule has 16 heteroatoms. The molecule has 0 unspecified atom stereocenters. The average molecular weight is 524 g/mol. The normalized spacial score (nSPS) is 12.0. The number of pyridine rings is 1. The molecule has 1 aromatic heterocycles. The number of ether oxygens (including phenoxy) is 2. The Morgan fingerprint density at radius 2 is 1.84 bits per heavy atom. The van der Waals surface area contributed by atoms with Crippen molar-refractivity contribution in [3.05, 3.63) is 51.3 Å². The van der Waals surface area contributed by atoms with Crippen LogP contribution in [0.4, 0.5) is 22.0 Å². The topological polar surface area (TPSA) is 121 Å². The lowest BCUT2D eigenvalue weighted by atomic mass is 10.1. The van der Waals surface area contributed by atoms with Crippen LogP contribution in [0.3, 0.4) is 0 Å². The smallest absolute Gasteiger partial charge is 0.340 e. The number of rotatable bonds is 9. The Hall–Kier alpha value is -2.42. The molecule has 1 heterocycles. The lowest BCUT2D eigenvalue weighted by molar-refractivity contribution is -0.148. The molecule has 0 atom stereocenters. The van der Waals surface area contributed by atoms with Crippen molar-refractivity contribution in [2.45, 2.75) is 19.0 Å². The lowest BCUT2D eigenvalue weighted by Gasteiger charge is -2.16. The van der Waals surface area contributed by atoms with Gasteiger partial charge in [-0.05, 0) is 18.2 Å². The maximum atomic E-state index is 14.2. The van der Waals surface area contributed by atoms with Crippen molar-refractivity contribution < 1.29 is 44.6 Å². The Balaban J connectivity index is 2.13. The molecule has 2 rings (SSSR count). The summed E-state index contributed by atoms with van der Waals surface area (Å²) in [6, 6.07) is 3.91. The quantitative estimate of drug-likeness (QED) is 0.486. The Kier molecular flexibility index (Phi) is 8.09. The van der Waals surface area contributed by atoms with Gasteiger partial charge in [0.25, 0.3) is 16.1 Å². The third-order valence-electron chi connectivity index (χ3n) is 3.50. The predicted octanol–water partition coefficient (Wildman–Crippen LogP) is 3.32. The molecule has 1 aromatic carbocycles. The van der Waals surface area contributed by atoms with E-state index in [2.05, 4.69) is 14.9 Å². The number of aromatic nitrogens is 1. The standard InChI is InChI=1S/C16H12Cl2F5N3O5S/c17-9-1-2-12(25-14(9)31-6-16(22,23)15(20)21)30-5-7-3-11(19)8(4-10(7)18)13(27)26-32(24,28)29/h1-4,15H,5-6H2,(H,26,27)(H2,24,28,29). The van der Waals surface area contributed by atoms with Crippen LogP contribution in [-0.4, -0.2) is 38.3 Å². The molecule has 8 nitrogen and oxygen atoms in total. The number of nitrogens with one attached hydrogen (secondary N) is 1. The van der Waals surface area contributed by atoms with Crippen molar-refractivity contribution in [2.24, 2.45) is 5.14 Å². The van der Waals surface area contributed by atoms with Crippen LogP contribution >= 0.6 is 23.2 Å². The van der Waals surface area contributed by atoms with Crippen LogP contribution < -0.4 is 19.3 Å². The van der Waals surface area contributed by atoms with Gasteiger partial charge in [-0.3, -0.25) is 4.79 Å². The summed E-state index contributed by atoms with van der Waals surface area (Å²) in [5.41, 5.74) is -0.729. The molecule has 176 valence electrons. The van der Waals surface area contributed by atoms with Gasteiger partial charge >= 0.3 is 12.3 Å². The highest BCUT2D eigenvalue weighted by molar-refractivity contribution is 7.87. The van der Waals surface area contributed by atoms with E-state index >= 15 is 0 Å². The predicted molar refractivity (Wildman–Crippen MR) is 102 cm³/mol. The molecular formula is C16H12Cl2F5N3O5S.